The van der Waals surface area contributed by atoms with Crippen LogP contribution in [0.1, 0.15) is 28.0 Å². The molecule has 1 unspecified atom stereocenters. The summed E-state index contributed by atoms with van der Waals surface area (Å²) in [6.45, 7) is 1.41. The summed E-state index contributed by atoms with van der Waals surface area (Å²) in [6, 6.07) is 4.18. The minimum absolute atomic E-state index is 0.184. The SMILES string of the molecule is N#Cc1c(NC(=O)C=Cc2ccsc2)sc2c1CCC(COC(=O)NCCn1ccnc1)C2. The Morgan fingerprint density at radius 2 is 2.33 bits per heavy atom. The third-order valence-corrected chi connectivity index (χ3v) is 7.21. The van der Waals surface area contributed by atoms with Crippen LogP contribution in [0.5, 0.6) is 0 Å². The molecule has 3 aromatic heterocycles. The van der Waals surface area contributed by atoms with Crippen molar-refractivity contribution in [3.05, 3.63) is 63.2 Å². The van der Waals surface area contributed by atoms with Crippen molar-refractivity contribution >= 4 is 45.8 Å². The van der Waals surface area contributed by atoms with Crippen LogP contribution in [-0.4, -0.2) is 34.7 Å². The minimum Gasteiger partial charge on any atom is -0.449 e. The van der Waals surface area contributed by atoms with Gasteiger partial charge in [-0.2, -0.15) is 16.6 Å². The summed E-state index contributed by atoms with van der Waals surface area (Å²) in [5.74, 6) is -0.0762. The highest BCUT2D eigenvalue weighted by atomic mass is 32.1. The molecule has 1 aliphatic carbocycles. The Morgan fingerprint density at radius 3 is 3.09 bits per heavy atom. The fourth-order valence-electron chi connectivity index (χ4n) is 3.65. The van der Waals surface area contributed by atoms with Crippen molar-refractivity contribution in [3.8, 4) is 6.07 Å². The molecule has 1 aliphatic rings. The average Bonchev–Trinajstić information content (AvgIpc) is 3.57. The van der Waals surface area contributed by atoms with E-state index in [1.807, 2.05) is 27.6 Å². The number of thiophene rings is 2. The standard InChI is InChI=1S/C23H23N5O3S2/c24-12-19-18-3-1-17(13-31-23(30)26-7-9-28-8-6-25-15-28)11-20(18)33-22(19)27-21(29)4-2-16-5-10-32-14-16/h2,4-6,8,10,14-15,17H,1,3,7,9,11,13H2,(H,26,30)(H,27,29). The number of imidazole rings is 1. The number of nitrogens with zero attached hydrogens (tertiary/aromatic N) is 3. The largest absolute Gasteiger partial charge is 0.449 e. The first-order valence-electron chi connectivity index (χ1n) is 10.5. The van der Waals surface area contributed by atoms with E-state index in [4.69, 9.17) is 4.74 Å². The number of ether oxygens (including phenoxy) is 1. The Kier molecular flexibility index (Phi) is 7.55. The Hall–Kier alpha value is -3.42. The highest BCUT2D eigenvalue weighted by molar-refractivity contribution is 7.16. The van der Waals surface area contributed by atoms with E-state index in [0.29, 0.717) is 30.3 Å². The molecule has 1 atom stereocenters. The smallest absolute Gasteiger partial charge is 0.407 e. The Bertz CT molecular complexity index is 1160. The van der Waals surface area contributed by atoms with Gasteiger partial charge in [0.2, 0.25) is 5.91 Å². The molecule has 0 saturated carbocycles. The molecular weight excluding hydrogens is 458 g/mol. The van der Waals surface area contributed by atoms with E-state index < -0.39 is 6.09 Å². The summed E-state index contributed by atoms with van der Waals surface area (Å²) in [7, 11) is 0. The molecular formula is C23H23N5O3S2. The molecule has 8 nitrogen and oxygen atoms in total. The lowest BCUT2D eigenvalue weighted by molar-refractivity contribution is -0.111. The number of alkyl carbamates (subject to hydrolysis) is 1. The Labute approximate surface area is 199 Å². The molecule has 10 heteroatoms. The van der Waals surface area contributed by atoms with E-state index in [1.54, 1.807) is 29.9 Å². The number of nitriles is 1. The topological polar surface area (TPSA) is 109 Å². The first-order valence-corrected chi connectivity index (χ1v) is 12.3. The maximum absolute atomic E-state index is 12.3. The summed E-state index contributed by atoms with van der Waals surface area (Å²) in [5.41, 5.74) is 2.51. The van der Waals surface area contributed by atoms with Crippen LogP contribution >= 0.6 is 22.7 Å². The molecule has 33 heavy (non-hydrogen) atoms. The molecule has 2 N–H and O–H groups in total. The van der Waals surface area contributed by atoms with Gasteiger partial charge in [0.1, 0.15) is 11.1 Å². The maximum atomic E-state index is 12.3. The minimum atomic E-state index is -0.435. The van der Waals surface area contributed by atoms with Gasteiger partial charge in [0.15, 0.2) is 0 Å². The Morgan fingerprint density at radius 1 is 1.42 bits per heavy atom. The quantitative estimate of drug-likeness (QED) is 0.472. The zero-order valence-electron chi connectivity index (χ0n) is 17.8. The van der Waals surface area contributed by atoms with E-state index in [2.05, 4.69) is 21.7 Å². The number of fused-ring (bicyclic) bond motifs is 1. The van der Waals surface area contributed by atoms with E-state index >= 15 is 0 Å². The van der Waals surface area contributed by atoms with Crippen LogP contribution in [0.2, 0.25) is 0 Å². The summed E-state index contributed by atoms with van der Waals surface area (Å²) in [5, 5.41) is 19.7. The fourth-order valence-corrected chi connectivity index (χ4v) is 5.59. The number of carbonyl (C=O) groups is 2. The summed E-state index contributed by atoms with van der Waals surface area (Å²) >= 11 is 3.00. The number of amides is 2. The van der Waals surface area contributed by atoms with Crippen LogP contribution in [0.25, 0.3) is 6.08 Å². The third kappa shape index (κ3) is 6.09. The van der Waals surface area contributed by atoms with E-state index in [9.17, 15) is 14.9 Å². The molecule has 0 aliphatic heterocycles. The first kappa shape index (κ1) is 22.8. The zero-order valence-corrected chi connectivity index (χ0v) is 19.5. The monoisotopic (exact) mass is 481 g/mol. The maximum Gasteiger partial charge on any atom is 0.407 e. The van der Waals surface area contributed by atoms with Gasteiger partial charge >= 0.3 is 6.09 Å². The number of carbonyl (C=O) groups excluding carboxylic acids is 2. The van der Waals surface area contributed by atoms with Crippen molar-refractivity contribution in [2.45, 2.75) is 25.8 Å². The number of hydrogen-bond acceptors (Lipinski definition) is 7. The molecule has 0 bridgehead atoms. The molecule has 0 aromatic carbocycles. The number of hydrogen-bond donors (Lipinski definition) is 2. The van der Waals surface area contributed by atoms with Gasteiger partial charge in [0.25, 0.3) is 0 Å². The van der Waals surface area contributed by atoms with E-state index in [0.717, 1.165) is 35.3 Å². The number of aromatic nitrogens is 2. The lowest BCUT2D eigenvalue weighted by atomic mass is 9.88. The molecule has 0 fully saturated rings. The lowest BCUT2D eigenvalue weighted by Crippen LogP contribution is -2.30. The van der Waals surface area contributed by atoms with Crippen LogP contribution in [0, 0.1) is 17.2 Å². The van der Waals surface area contributed by atoms with Gasteiger partial charge in [0.05, 0.1) is 18.5 Å². The molecule has 2 amide bonds. The van der Waals surface area contributed by atoms with E-state index in [-0.39, 0.29) is 11.8 Å². The van der Waals surface area contributed by atoms with Gasteiger partial charge in [-0.25, -0.2) is 9.78 Å². The molecule has 4 rings (SSSR count). The molecule has 170 valence electrons. The molecule has 3 aromatic rings. The van der Waals surface area contributed by atoms with Gasteiger partial charge in [-0.05, 0) is 59.2 Å². The normalized spacial score (nSPS) is 15.1. The lowest BCUT2D eigenvalue weighted by Gasteiger charge is -2.21. The number of rotatable bonds is 8. The molecule has 0 spiro atoms. The second kappa shape index (κ2) is 10.9. The Balaban J connectivity index is 1.28. The van der Waals surface area contributed by atoms with Gasteiger partial charge < -0.3 is 19.9 Å². The highest BCUT2D eigenvalue weighted by Crippen LogP contribution is 2.39. The number of anilines is 1. The molecule has 3 heterocycles. The average molecular weight is 482 g/mol. The van der Waals surface area contributed by atoms with Crippen LogP contribution in [-0.2, 0) is 28.9 Å². The summed E-state index contributed by atoms with van der Waals surface area (Å²) in [6.07, 6.45) is 10.3. The van der Waals surface area contributed by atoms with Gasteiger partial charge in [-0.3, -0.25) is 4.79 Å². The molecule has 0 saturated heterocycles. The van der Waals surface area contributed by atoms with Gasteiger partial charge in [-0.1, -0.05) is 0 Å². The van der Waals surface area contributed by atoms with Crippen molar-refractivity contribution < 1.29 is 14.3 Å². The second-order valence-electron chi connectivity index (χ2n) is 7.63. The van der Waals surface area contributed by atoms with Crippen molar-refractivity contribution in [2.24, 2.45) is 5.92 Å². The van der Waals surface area contributed by atoms with Gasteiger partial charge in [0, 0.05) is 36.4 Å². The zero-order chi connectivity index (χ0) is 23.0. The van der Waals surface area contributed by atoms with Crippen molar-refractivity contribution in [1.82, 2.24) is 14.9 Å². The summed E-state index contributed by atoms with van der Waals surface area (Å²) < 4.78 is 7.27. The van der Waals surface area contributed by atoms with Crippen LogP contribution in [0.3, 0.4) is 0 Å². The predicted octanol–water partition coefficient (Wildman–Crippen LogP) is 4.06. The van der Waals surface area contributed by atoms with Crippen LogP contribution in [0.4, 0.5) is 9.80 Å². The number of nitrogens with one attached hydrogen (secondary N) is 2. The third-order valence-electron chi connectivity index (χ3n) is 5.33. The van der Waals surface area contributed by atoms with Crippen LogP contribution < -0.4 is 10.6 Å². The first-order chi connectivity index (χ1) is 16.1. The second-order valence-corrected chi connectivity index (χ2v) is 9.52. The van der Waals surface area contributed by atoms with Crippen molar-refractivity contribution in [2.75, 3.05) is 18.5 Å². The highest BCUT2D eigenvalue weighted by Gasteiger charge is 2.27. The van der Waals surface area contributed by atoms with E-state index in [1.165, 1.54) is 17.4 Å². The van der Waals surface area contributed by atoms with Crippen molar-refractivity contribution in [3.63, 3.8) is 0 Å². The summed E-state index contributed by atoms with van der Waals surface area (Å²) in [4.78, 5) is 29.3. The molecule has 0 radical (unpaired) electrons. The van der Waals surface area contributed by atoms with Crippen LogP contribution in [0.15, 0.2) is 41.6 Å². The van der Waals surface area contributed by atoms with Gasteiger partial charge in [-0.15, -0.1) is 11.3 Å². The predicted molar refractivity (Wildman–Crippen MR) is 128 cm³/mol. The van der Waals surface area contributed by atoms with Crippen molar-refractivity contribution in [1.29, 1.82) is 5.26 Å². The fraction of sp³-hybridized carbons (Fsp3) is 0.304.